The van der Waals surface area contributed by atoms with E-state index in [9.17, 15) is 0 Å². The minimum absolute atomic E-state index is 0.633. The van der Waals surface area contributed by atoms with Crippen molar-refractivity contribution < 1.29 is 4.74 Å². The van der Waals surface area contributed by atoms with Gasteiger partial charge in [0.05, 0.1) is 7.11 Å². The molecular formula is C16H27BrN2O. The SMILES string of the molecule is COc1ccc(Br)cc1CNCCCCN(C)C(C)C. The van der Waals surface area contributed by atoms with Gasteiger partial charge in [0.2, 0.25) is 0 Å². The van der Waals surface area contributed by atoms with Gasteiger partial charge in [-0.25, -0.2) is 0 Å². The normalized spacial score (nSPS) is 11.3. The summed E-state index contributed by atoms with van der Waals surface area (Å²) >= 11 is 3.50. The number of benzene rings is 1. The maximum absolute atomic E-state index is 5.37. The van der Waals surface area contributed by atoms with Crippen molar-refractivity contribution in [2.45, 2.75) is 39.3 Å². The molecule has 20 heavy (non-hydrogen) atoms. The predicted molar refractivity (Wildman–Crippen MR) is 89.4 cm³/mol. The Morgan fingerprint density at radius 2 is 2.05 bits per heavy atom. The summed E-state index contributed by atoms with van der Waals surface area (Å²) in [7, 11) is 3.90. The monoisotopic (exact) mass is 342 g/mol. The lowest BCUT2D eigenvalue weighted by Gasteiger charge is -2.20. The largest absolute Gasteiger partial charge is 0.496 e. The zero-order chi connectivity index (χ0) is 15.0. The smallest absolute Gasteiger partial charge is 0.123 e. The highest BCUT2D eigenvalue weighted by atomic mass is 79.9. The lowest BCUT2D eigenvalue weighted by Crippen LogP contribution is -2.27. The third-order valence-electron chi connectivity index (χ3n) is 3.55. The van der Waals surface area contributed by atoms with Crippen LogP contribution in [-0.2, 0) is 6.54 Å². The highest BCUT2D eigenvalue weighted by molar-refractivity contribution is 9.10. The minimum atomic E-state index is 0.633. The van der Waals surface area contributed by atoms with Crippen molar-refractivity contribution in [3.05, 3.63) is 28.2 Å². The molecule has 0 aromatic heterocycles. The average Bonchev–Trinajstić information content (AvgIpc) is 2.42. The molecule has 1 aromatic carbocycles. The van der Waals surface area contributed by atoms with E-state index in [2.05, 4.69) is 53.1 Å². The van der Waals surface area contributed by atoms with Crippen molar-refractivity contribution >= 4 is 15.9 Å². The van der Waals surface area contributed by atoms with Crippen LogP contribution in [-0.4, -0.2) is 38.2 Å². The fraction of sp³-hybridized carbons (Fsp3) is 0.625. The van der Waals surface area contributed by atoms with Crippen LogP contribution < -0.4 is 10.1 Å². The van der Waals surface area contributed by atoms with Crippen molar-refractivity contribution in [2.75, 3.05) is 27.2 Å². The van der Waals surface area contributed by atoms with E-state index in [4.69, 9.17) is 4.74 Å². The molecule has 0 atom stereocenters. The van der Waals surface area contributed by atoms with Crippen molar-refractivity contribution in [3.63, 3.8) is 0 Å². The highest BCUT2D eigenvalue weighted by Crippen LogP contribution is 2.22. The molecule has 1 aromatic rings. The molecule has 0 spiro atoms. The number of halogens is 1. The van der Waals surface area contributed by atoms with Gasteiger partial charge in [0.15, 0.2) is 0 Å². The Labute approximate surface area is 131 Å². The summed E-state index contributed by atoms with van der Waals surface area (Å²) in [5.74, 6) is 0.945. The zero-order valence-electron chi connectivity index (χ0n) is 13.1. The molecule has 4 heteroatoms. The molecule has 0 aliphatic carbocycles. The van der Waals surface area contributed by atoms with E-state index in [1.165, 1.54) is 24.9 Å². The lowest BCUT2D eigenvalue weighted by molar-refractivity contribution is 0.268. The molecule has 1 rings (SSSR count). The Kier molecular flexibility index (Phi) is 8.19. The van der Waals surface area contributed by atoms with Crippen LogP contribution >= 0.6 is 15.9 Å². The van der Waals surface area contributed by atoms with Gasteiger partial charge in [0, 0.05) is 22.6 Å². The first-order valence-corrected chi connectivity index (χ1v) is 8.07. The number of unbranched alkanes of at least 4 members (excludes halogenated alkanes) is 1. The number of nitrogens with one attached hydrogen (secondary N) is 1. The first-order valence-electron chi connectivity index (χ1n) is 7.28. The first-order chi connectivity index (χ1) is 9.54. The predicted octanol–water partition coefficient (Wildman–Crippen LogP) is 3.67. The Balaban J connectivity index is 2.23. The van der Waals surface area contributed by atoms with Crippen LogP contribution in [0, 0.1) is 0 Å². The van der Waals surface area contributed by atoms with E-state index < -0.39 is 0 Å². The van der Waals surface area contributed by atoms with Crippen molar-refractivity contribution in [1.82, 2.24) is 10.2 Å². The van der Waals surface area contributed by atoms with Crippen LogP contribution in [0.5, 0.6) is 5.75 Å². The van der Waals surface area contributed by atoms with Gasteiger partial charge in [-0.15, -0.1) is 0 Å². The van der Waals surface area contributed by atoms with Crippen molar-refractivity contribution in [2.24, 2.45) is 0 Å². The van der Waals surface area contributed by atoms with Gasteiger partial charge in [0.25, 0.3) is 0 Å². The molecule has 0 radical (unpaired) electrons. The van der Waals surface area contributed by atoms with Crippen LogP contribution in [0.25, 0.3) is 0 Å². The molecule has 0 unspecified atom stereocenters. The van der Waals surface area contributed by atoms with Crippen molar-refractivity contribution in [3.8, 4) is 5.75 Å². The first kappa shape index (κ1) is 17.5. The van der Waals surface area contributed by atoms with Crippen LogP contribution in [0.3, 0.4) is 0 Å². The molecule has 1 N–H and O–H groups in total. The van der Waals surface area contributed by atoms with Gasteiger partial charge in [-0.1, -0.05) is 15.9 Å². The molecule has 114 valence electrons. The Morgan fingerprint density at radius 3 is 2.70 bits per heavy atom. The molecule has 0 amide bonds. The summed E-state index contributed by atoms with van der Waals surface area (Å²) in [4.78, 5) is 2.39. The van der Waals surface area contributed by atoms with Gasteiger partial charge < -0.3 is 15.0 Å². The molecule has 3 nitrogen and oxygen atoms in total. The summed E-state index contributed by atoms with van der Waals surface area (Å²) < 4.78 is 6.46. The summed E-state index contributed by atoms with van der Waals surface area (Å²) in [5, 5.41) is 3.49. The van der Waals surface area contributed by atoms with Crippen LogP contribution in [0.15, 0.2) is 22.7 Å². The molecule has 0 saturated heterocycles. The average molecular weight is 343 g/mol. The summed E-state index contributed by atoms with van der Waals surface area (Å²) in [6.07, 6.45) is 2.44. The topological polar surface area (TPSA) is 24.5 Å². The third-order valence-corrected chi connectivity index (χ3v) is 4.05. The van der Waals surface area contributed by atoms with E-state index >= 15 is 0 Å². The number of nitrogens with zero attached hydrogens (tertiary/aromatic N) is 1. The van der Waals surface area contributed by atoms with Crippen LogP contribution in [0.4, 0.5) is 0 Å². The van der Waals surface area contributed by atoms with Gasteiger partial charge in [0.1, 0.15) is 5.75 Å². The second-order valence-electron chi connectivity index (χ2n) is 5.41. The lowest BCUT2D eigenvalue weighted by atomic mass is 10.2. The second-order valence-corrected chi connectivity index (χ2v) is 6.33. The summed E-state index contributed by atoms with van der Waals surface area (Å²) in [6.45, 7) is 7.53. The Bertz CT molecular complexity index is 396. The number of hydrogen-bond donors (Lipinski definition) is 1. The van der Waals surface area contributed by atoms with E-state index in [1.54, 1.807) is 7.11 Å². The maximum atomic E-state index is 5.37. The standard InChI is InChI=1S/C16H27BrN2O/c1-13(2)19(3)10-6-5-9-18-12-14-11-15(17)7-8-16(14)20-4/h7-8,11,13,18H,5-6,9-10,12H2,1-4H3. The van der Waals surface area contributed by atoms with Crippen LogP contribution in [0.2, 0.25) is 0 Å². The number of rotatable bonds is 9. The highest BCUT2D eigenvalue weighted by Gasteiger charge is 2.04. The maximum Gasteiger partial charge on any atom is 0.123 e. The third kappa shape index (κ3) is 6.25. The van der Waals surface area contributed by atoms with E-state index in [0.29, 0.717) is 6.04 Å². The number of hydrogen-bond acceptors (Lipinski definition) is 3. The summed E-state index contributed by atoms with van der Waals surface area (Å²) in [5.41, 5.74) is 1.20. The quantitative estimate of drug-likeness (QED) is 0.693. The van der Waals surface area contributed by atoms with E-state index in [-0.39, 0.29) is 0 Å². The zero-order valence-corrected chi connectivity index (χ0v) is 14.7. The van der Waals surface area contributed by atoms with E-state index in [0.717, 1.165) is 23.3 Å². The van der Waals surface area contributed by atoms with Gasteiger partial charge in [-0.2, -0.15) is 0 Å². The Morgan fingerprint density at radius 1 is 1.30 bits per heavy atom. The molecular weight excluding hydrogens is 316 g/mol. The fourth-order valence-corrected chi connectivity index (χ4v) is 2.39. The second kappa shape index (κ2) is 9.37. The molecule has 0 aliphatic heterocycles. The Hall–Kier alpha value is -0.580. The van der Waals surface area contributed by atoms with Gasteiger partial charge in [-0.3, -0.25) is 0 Å². The molecule has 0 fully saturated rings. The fourth-order valence-electron chi connectivity index (χ4n) is 1.98. The molecule has 0 saturated carbocycles. The minimum Gasteiger partial charge on any atom is -0.496 e. The van der Waals surface area contributed by atoms with E-state index in [1.807, 2.05) is 12.1 Å². The molecule has 0 heterocycles. The molecule has 0 aliphatic rings. The van der Waals surface area contributed by atoms with Gasteiger partial charge in [-0.05, 0) is 65.0 Å². The number of methoxy groups -OCH3 is 1. The van der Waals surface area contributed by atoms with Crippen LogP contribution in [0.1, 0.15) is 32.3 Å². The molecule has 0 bridgehead atoms. The summed E-state index contributed by atoms with van der Waals surface area (Å²) in [6, 6.07) is 6.75. The van der Waals surface area contributed by atoms with Crippen molar-refractivity contribution in [1.29, 1.82) is 0 Å². The van der Waals surface area contributed by atoms with Gasteiger partial charge >= 0.3 is 0 Å². The number of ether oxygens (including phenoxy) is 1.